The normalized spacial score (nSPS) is 29.9. The molecule has 0 aromatic heterocycles. The van der Waals surface area contributed by atoms with Crippen LogP contribution >= 0.6 is 10.8 Å². The summed E-state index contributed by atoms with van der Waals surface area (Å²) in [5, 5.41) is 6.71. The molecule has 0 aromatic rings. The van der Waals surface area contributed by atoms with Crippen molar-refractivity contribution >= 4 is 19.9 Å². The molecule has 0 saturated heterocycles. The van der Waals surface area contributed by atoms with Crippen LogP contribution in [0, 0.1) is 35.5 Å². The molecule has 0 spiro atoms. The van der Waals surface area contributed by atoms with Gasteiger partial charge in [-0.25, -0.2) is 0 Å². The highest BCUT2D eigenvalue weighted by atomic mass is 33.1. The summed E-state index contributed by atoms with van der Waals surface area (Å²) in [6.45, 7) is 13.1. The maximum Gasteiger partial charge on any atom is 0.322 e. The van der Waals surface area contributed by atoms with E-state index in [0.29, 0.717) is 18.8 Å². The summed E-state index contributed by atoms with van der Waals surface area (Å²) >= 11 is 0. The number of hydrogen-bond acceptors (Lipinski definition) is 6. The Morgan fingerprint density at radius 1 is 0.714 bits per heavy atom. The van der Waals surface area contributed by atoms with E-state index in [1.807, 2.05) is 0 Å². The lowest BCUT2D eigenvalue weighted by Crippen LogP contribution is -2.24. The van der Waals surface area contributed by atoms with Crippen LogP contribution in [0.25, 0.3) is 0 Å². The van der Waals surface area contributed by atoms with Crippen molar-refractivity contribution in [1.29, 1.82) is 0 Å². The molecular formula is C28H56N2O3S2. The maximum absolute atomic E-state index is 12.0. The molecule has 0 bridgehead atoms. The van der Waals surface area contributed by atoms with Gasteiger partial charge in [-0.05, 0) is 97.9 Å². The summed E-state index contributed by atoms with van der Waals surface area (Å²) in [6, 6.07) is 0. The standard InChI is InChI=1S/C28H56N2O3S2/c1-23-11-13-27(25(3)21-23)9-5-7-15-29-17-19-33-35(31,32)34-20-18-30-16-8-6-10-28-14-12-24(2)22-26(28)4/h23-30H,5-22H2,1-4H3. The minimum absolute atomic E-state index is 0.221. The average Bonchev–Trinajstić information content (AvgIpc) is 2.79. The molecule has 208 valence electrons. The molecule has 6 atom stereocenters. The van der Waals surface area contributed by atoms with E-state index < -0.39 is 9.15 Å². The number of unbranched alkanes of at least 4 members (excludes halogenated alkanes) is 2. The van der Waals surface area contributed by atoms with Gasteiger partial charge in [-0.1, -0.05) is 66.2 Å². The van der Waals surface area contributed by atoms with E-state index in [1.165, 1.54) is 70.6 Å². The number of rotatable bonds is 18. The van der Waals surface area contributed by atoms with E-state index in [-0.39, 0.29) is 6.61 Å². The summed E-state index contributed by atoms with van der Waals surface area (Å²) in [7, 11) is -2.58. The first kappa shape index (κ1) is 31.4. The summed E-state index contributed by atoms with van der Waals surface area (Å²) in [6.07, 6.45) is 15.9. The third-order valence-electron chi connectivity index (χ3n) is 8.59. The van der Waals surface area contributed by atoms with Gasteiger partial charge >= 0.3 is 9.15 Å². The molecular weight excluding hydrogens is 476 g/mol. The molecule has 0 aromatic carbocycles. The van der Waals surface area contributed by atoms with E-state index in [4.69, 9.17) is 4.18 Å². The second kappa shape index (κ2) is 17.6. The van der Waals surface area contributed by atoms with Crippen molar-refractivity contribution in [2.45, 2.75) is 105 Å². The van der Waals surface area contributed by atoms with Crippen LogP contribution in [0.2, 0.25) is 0 Å². The third kappa shape index (κ3) is 14.1. The predicted molar refractivity (Wildman–Crippen MR) is 152 cm³/mol. The van der Waals surface area contributed by atoms with Crippen LogP contribution in [-0.4, -0.2) is 47.0 Å². The fourth-order valence-electron chi connectivity index (χ4n) is 6.34. The number of nitrogens with one attached hydrogen (secondary N) is 2. The van der Waals surface area contributed by atoms with Gasteiger partial charge in [-0.15, -0.1) is 0 Å². The number of hydrogen-bond donors (Lipinski definition) is 2. The van der Waals surface area contributed by atoms with E-state index in [0.717, 1.165) is 65.8 Å². The molecule has 2 aliphatic carbocycles. The zero-order valence-electron chi connectivity index (χ0n) is 23.2. The van der Waals surface area contributed by atoms with Crippen molar-refractivity contribution in [2.75, 3.05) is 38.5 Å². The molecule has 2 N–H and O–H groups in total. The largest absolute Gasteiger partial charge is 0.322 e. The Hall–Kier alpha value is 0.180. The molecule has 2 saturated carbocycles. The Morgan fingerprint density at radius 3 is 1.74 bits per heavy atom. The van der Waals surface area contributed by atoms with Crippen LogP contribution in [0.5, 0.6) is 0 Å². The van der Waals surface area contributed by atoms with Gasteiger partial charge in [0, 0.05) is 18.8 Å². The summed E-state index contributed by atoms with van der Waals surface area (Å²) < 4.78 is 29.2. The molecule has 2 aliphatic rings. The van der Waals surface area contributed by atoms with Crippen LogP contribution < -0.4 is 10.6 Å². The maximum atomic E-state index is 12.0. The van der Waals surface area contributed by atoms with Gasteiger partial charge in [0.1, 0.15) is 0 Å². The first-order chi connectivity index (χ1) is 16.8. The molecule has 7 heteroatoms. The summed E-state index contributed by atoms with van der Waals surface area (Å²) in [5.41, 5.74) is 0. The van der Waals surface area contributed by atoms with Gasteiger partial charge in [0.05, 0.1) is 6.61 Å². The first-order valence-corrected chi connectivity index (χ1v) is 17.6. The Morgan fingerprint density at radius 2 is 1.23 bits per heavy atom. The third-order valence-corrected chi connectivity index (χ3v) is 11.4. The topological polar surface area (TPSA) is 67.4 Å². The van der Waals surface area contributed by atoms with Gasteiger partial charge in [0.25, 0.3) is 0 Å². The molecule has 0 heterocycles. The Labute approximate surface area is 221 Å². The zero-order valence-corrected chi connectivity index (χ0v) is 24.9. The molecule has 5 nitrogen and oxygen atoms in total. The van der Waals surface area contributed by atoms with Gasteiger partial charge in [-0.3, -0.25) is 4.18 Å². The highest BCUT2D eigenvalue weighted by Gasteiger charge is 2.25. The van der Waals surface area contributed by atoms with Crippen molar-refractivity contribution in [2.24, 2.45) is 35.5 Å². The smallest absolute Gasteiger partial charge is 0.316 e. The molecule has 6 unspecified atom stereocenters. The van der Waals surface area contributed by atoms with Crippen molar-refractivity contribution < 1.29 is 12.6 Å². The molecule has 35 heavy (non-hydrogen) atoms. The molecule has 0 aliphatic heterocycles. The van der Waals surface area contributed by atoms with Crippen molar-refractivity contribution in [3.63, 3.8) is 0 Å². The molecule has 2 rings (SSSR count). The van der Waals surface area contributed by atoms with Crippen molar-refractivity contribution in [3.8, 4) is 0 Å². The van der Waals surface area contributed by atoms with Crippen molar-refractivity contribution in [1.82, 2.24) is 10.6 Å². The van der Waals surface area contributed by atoms with Gasteiger partial charge < -0.3 is 10.6 Å². The molecule has 0 amide bonds. The van der Waals surface area contributed by atoms with E-state index >= 15 is 0 Å². The fourth-order valence-corrected chi connectivity index (χ4v) is 8.40. The Balaban J connectivity index is 1.36. The Bertz CT molecular complexity index is 598. The minimum Gasteiger partial charge on any atom is -0.316 e. The van der Waals surface area contributed by atoms with E-state index in [2.05, 4.69) is 38.3 Å². The SMILES string of the molecule is CC1CCC(CCCCNCCOS(=O)(=O)SCCNCCCCC2CCC(C)CC2C)C(C)C1. The average molecular weight is 533 g/mol. The Kier molecular flexibility index (Phi) is 15.8. The van der Waals surface area contributed by atoms with E-state index in [1.54, 1.807) is 0 Å². The van der Waals surface area contributed by atoms with Gasteiger partial charge in [-0.2, -0.15) is 8.42 Å². The molecule has 2 fully saturated rings. The van der Waals surface area contributed by atoms with Crippen LogP contribution in [-0.2, 0) is 13.3 Å². The lowest BCUT2D eigenvalue weighted by Gasteiger charge is -2.32. The quantitative estimate of drug-likeness (QED) is 0.152. The molecule has 0 radical (unpaired) electrons. The van der Waals surface area contributed by atoms with Crippen LogP contribution in [0.1, 0.15) is 105 Å². The van der Waals surface area contributed by atoms with E-state index in [9.17, 15) is 8.42 Å². The van der Waals surface area contributed by atoms with Gasteiger partial charge in [0.2, 0.25) is 0 Å². The summed E-state index contributed by atoms with van der Waals surface area (Å²) in [5.74, 6) is 5.91. The van der Waals surface area contributed by atoms with Crippen molar-refractivity contribution in [3.05, 3.63) is 0 Å². The second-order valence-electron chi connectivity index (χ2n) is 11.9. The van der Waals surface area contributed by atoms with Crippen LogP contribution in [0.15, 0.2) is 0 Å². The fraction of sp³-hybridized carbons (Fsp3) is 1.00. The highest BCUT2D eigenvalue weighted by Crippen LogP contribution is 2.37. The monoisotopic (exact) mass is 532 g/mol. The minimum atomic E-state index is -3.49. The summed E-state index contributed by atoms with van der Waals surface area (Å²) in [4.78, 5) is 0. The lowest BCUT2D eigenvalue weighted by molar-refractivity contribution is 0.190. The van der Waals surface area contributed by atoms with Gasteiger partial charge in [0.15, 0.2) is 0 Å². The lowest BCUT2D eigenvalue weighted by atomic mass is 9.74. The van der Waals surface area contributed by atoms with Crippen LogP contribution in [0.4, 0.5) is 0 Å². The second-order valence-corrected chi connectivity index (χ2v) is 15.5. The zero-order chi connectivity index (χ0) is 25.5. The first-order valence-electron chi connectivity index (χ1n) is 14.7. The highest BCUT2D eigenvalue weighted by molar-refractivity contribution is 8.70. The predicted octanol–water partition coefficient (Wildman–Crippen LogP) is 6.65. The van der Waals surface area contributed by atoms with Crippen LogP contribution in [0.3, 0.4) is 0 Å².